The molecule has 0 amide bonds. The fourth-order valence-corrected chi connectivity index (χ4v) is 2.03. The van der Waals surface area contributed by atoms with Crippen molar-refractivity contribution in [2.75, 3.05) is 12.5 Å². The van der Waals surface area contributed by atoms with E-state index in [2.05, 4.69) is 15.4 Å². The minimum absolute atomic E-state index is 0.419. The molecule has 1 fully saturated rings. The lowest BCUT2D eigenvalue weighted by Gasteiger charge is -2.09. The SMILES string of the molecule is COc1cccc(COc2cc(NN)nc(C3CC3)n2)c1. The Morgan fingerprint density at radius 2 is 2.14 bits per heavy atom. The second-order valence-corrected chi connectivity index (χ2v) is 5.01. The van der Waals surface area contributed by atoms with Crippen LogP contribution in [0.3, 0.4) is 0 Å². The first-order valence-corrected chi connectivity index (χ1v) is 6.90. The van der Waals surface area contributed by atoms with E-state index in [1.807, 2.05) is 24.3 Å². The van der Waals surface area contributed by atoms with Gasteiger partial charge in [0.15, 0.2) is 0 Å². The molecule has 1 aromatic carbocycles. The highest BCUT2D eigenvalue weighted by molar-refractivity contribution is 5.38. The largest absolute Gasteiger partial charge is 0.497 e. The second-order valence-electron chi connectivity index (χ2n) is 5.01. The Balaban J connectivity index is 1.73. The molecule has 6 heteroatoms. The number of nitrogens with two attached hydrogens (primary N) is 1. The normalized spacial score (nSPS) is 13.8. The molecule has 110 valence electrons. The highest BCUT2D eigenvalue weighted by atomic mass is 16.5. The number of aromatic nitrogens is 2. The highest BCUT2D eigenvalue weighted by Gasteiger charge is 2.27. The predicted octanol–water partition coefficient (Wildman–Crippen LogP) is 2.23. The second kappa shape index (κ2) is 5.97. The monoisotopic (exact) mass is 286 g/mol. The summed E-state index contributed by atoms with van der Waals surface area (Å²) in [4.78, 5) is 8.79. The van der Waals surface area contributed by atoms with Gasteiger partial charge >= 0.3 is 0 Å². The van der Waals surface area contributed by atoms with E-state index >= 15 is 0 Å². The van der Waals surface area contributed by atoms with Crippen LogP contribution in [0, 0.1) is 0 Å². The van der Waals surface area contributed by atoms with Gasteiger partial charge in [0, 0.05) is 12.0 Å². The first-order valence-electron chi connectivity index (χ1n) is 6.90. The van der Waals surface area contributed by atoms with Crippen LogP contribution >= 0.6 is 0 Å². The van der Waals surface area contributed by atoms with Gasteiger partial charge in [0.2, 0.25) is 5.88 Å². The van der Waals surface area contributed by atoms with Gasteiger partial charge in [0.25, 0.3) is 0 Å². The molecule has 1 heterocycles. The van der Waals surface area contributed by atoms with E-state index in [1.165, 1.54) is 0 Å². The van der Waals surface area contributed by atoms with Crippen molar-refractivity contribution in [3.8, 4) is 11.6 Å². The Labute approximate surface area is 123 Å². The van der Waals surface area contributed by atoms with Gasteiger partial charge in [-0.3, -0.25) is 0 Å². The van der Waals surface area contributed by atoms with E-state index in [-0.39, 0.29) is 0 Å². The molecule has 3 N–H and O–H groups in total. The summed E-state index contributed by atoms with van der Waals surface area (Å²) in [6.45, 7) is 0.419. The molecule has 0 atom stereocenters. The summed E-state index contributed by atoms with van der Waals surface area (Å²) in [5.74, 6) is 8.59. The molecule has 0 radical (unpaired) electrons. The van der Waals surface area contributed by atoms with Crippen molar-refractivity contribution >= 4 is 5.82 Å². The van der Waals surface area contributed by atoms with Crippen molar-refractivity contribution in [2.24, 2.45) is 5.84 Å². The summed E-state index contributed by atoms with van der Waals surface area (Å²) in [6, 6.07) is 9.45. The Hall–Kier alpha value is -2.34. The third-order valence-corrected chi connectivity index (χ3v) is 3.33. The third kappa shape index (κ3) is 3.41. The predicted molar refractivity (Wildman–Crippen MR) is 79.1 cm³/mol. The highest BCUT2D eigenvalue weighted by Crippen LogP contribution is 2.39. The first kappa shape index (κ1) is 13.6. The number of nitrogens with one attached hydrogen (secondary N) is 1. The van der Waals surface area contributed by atoms with E-state index < -0.39 is 0 Å². The summed E-state index contributed by atoms with van der Waals surface area (Å²) in [5.41, 5.74) is 3.57. The Kier molecular flexibility index (Phi) is 3.87. The number of benzene rings is 1. The molecule has 1 aliphatic carbocycles. The number of rotatable bonds is 6. The van der Waals surface area contributed by atoms with Crippen LogP contribution in [-0.4, -0.2) is 17.1 Å². The molecule has 0 aliphatic heterocycles. The molecule has 2 aromatic rings. The number of hydrogen-bond donors (Lipinski definition) is 2. The molecule has 1 aliphatic rings. The third-order valence-electron chi connectivity index (χ3n) is 3.33. The van der Waals surface area contributed by atoms with Gasteiger partial charge in [0.05, 0.1) is 7.11 Å². The first-order chi connectivity index (χ1) is 10.3. The van der Waals surface area contributed by atoms with E-state index in [0.717, 1.165) is 30.0 Å². The maximum absolute atomic E-state index is 5.75. The van der Waals surface area contributed by atoms with Crippen LogP contribution in [0.1, 0.15) is 30.1 Å². The molecule has 0 spiro atoms. The Morgan fingerprint density at radius 3 is 2.86 bits per heavy atom. The van der Waals surface area contributed by atoms with E-state index in [9.17, 15) is 0 Å². The van der Waals surface area contributed by atoms with Gasteiger partial charge in [-0.25, -0.2) is 10.8 Å². The van der Waals surface area contributed by atoms with Gasteiger partial charge < -0.3 is 14.9 Å². The van der Waals surface area contributed by atoms with Crippen molar-refractivity contribution in [2.45, 2.75) is 25.4 Å². The topological polar surface area (TPSA) is 82.3 Å². The van der Waals surface area contributed by atoms with Gasteiger partial charge in [-0.2, -0.15) is 4.98 Å². The van der Waals surface area contributed by atoms with Crippen molar-refractivity contribution in [1.82, 2.24) is 9.97 Å². The summed E-state index contributed by atoms with van der Waals surface area (Å²) in [6.07, 6.45) is 2.26. The van der Waals surface area contributed by atoms with Crippen molar-refractivity contribution in [1.29, 1.82) is 0 Å². The Morgan fingerprint density at radius 1 is 1.29 bits per heavy atom. The molecule has 1 aromatic heterocycles. The molecular weight excluding hydrogens is 268 g/mol. The number of anilines is 1. The maximum Gasteiger partial charge on any atom is 0.219 e. The fourth-order valence-electron chi connectivity index (χ4n) is 2.03. The van der Waals surface area contributed by atoms with Gasteiger partial charge in [-0.15, -0.1) is 0 Å². The van der Waals surface area contributed by atoms with E-state index in [1.54, 1.807) is 13.2 Å². The molecular formula is C15H18N4O2. The number of nitrogen functional groups attached to an aromatic ring is 1. The average molecular weight is 286 g/mol. The van der Waals surface area contributed by atoms with Crippen LogP contribution in [0.2, 0.25) is 0 Å². The summed E-state index contributed by atoms with van der Waals surface area (Å²) < 4.78 is 10.9. The fraction of sp³-hybridized carbons (Fsp3) is 0.333. The van der Waals surface area contributed by atoms with Gasteiger partial charge in [-0.05, 0) is 30.5 Å². The molecule has 21 heavy (non-hydrogen) atoms. The number of hydrogen-bond acceptors (Lipinski definition) is 6. The Bertz CT molecular complexity index is 629. The van der Waals surface area contributed by atoms with Crippen molar-refractivity contribution < 1.29 is 9.47 Å². The molecule has 1 saturated carbocycles. The van der Waals surface area contributed by atoms with Crippen LogP contribution in [0.5, 0.6) is 11.6 Å². The van der Waals surface area contributed by atoms with Crippen LogP contribution in [0.4, 0.5) is 5.82 Å². The van der Waals surface area contributed by atoms with Crippen LogP contribution < -0.4 is 20.7 Å². The van der Waals surface area contributed by atoms with Crippen LogP contribution in [-0.2, 0) is 6.61 Å². The van der Waals surface area contributed by atoms with Gasteiger partial charge in [0.1, 0.15) is 24.0 Å². The zero-order chi connectivity index (χ0) is 14.7. The van der Waals surface area contributed by atoms with Gasteiger partial charge in [-0.1, -0.05) is 12.1 Å². The minimum Gasteiger partial charge on any atom is -0.497 e. The molecule has 0 bridgehead atoms. The molecule has 0 unspecified atom stereocenters. The quantitative estimate of drug-likeness (QED) is 0.626. The standard InChI is InChI=1S/C15H18N4O2/c1-20-12-4-2-3-10(7-12)9-21-14-8-13(19-16)17-15(18-14)11-5-6-11/h2-4,7-8,11H,5-6,9,16H2,1H3,(H,17,18,19). The number of ether oxygens (including phenoxy) is 2. The number of nitrogens with zero attached hydrogens (tertiary/aromatic N) is 2. The summed E-state index contributed by atoms with van der Waals surface area (Å²) in [7, 11) is 1.64. The zero-order valence-corrected chi connectivity index (χ0v) is 11.9. The van der Waals surface area contributed by atoms with Crippen molar-refractivity contribution in [3.05, 3.63) is 41.7 Å². The lowest BCUT2D eigenvalue weighted by Crippen LogP contribution is -2.11. The van der Waals surface area contributed by atoms with E-state index in [0.29, 0.717) is 24.2 Å². The lowest BCUT2D eigenvalue weighted by atomic mass is 10.2. The number of methoxy groups -OCH3 is 1. The zero-order valence-electron chi connectivity index (χ0n) is 11.9. The summed E-state index contributed by atoms with van der Waals surface area (Å²) >= 11 is 0. The summed E-state index contributed by atoms with van der Waals surface area (Å²) in [5, 5.41) is 0. The smallest absolute Gasteiger partial charge is 0.219 e. The van der Waals surface area contributed by atoms with E-state index in [4.69, 9.17) is 15.3 Å². The molecule has 3 rings (SSSR count). The maximum atomic E-state index is 5.75. The molecule has 6 nitrogen and oxygen atoms in total. The lowest BCUT2D eigenvalue weighted by molar-refractivity contribution is 0.291. The minimum atomic E-state index is 0.419. The van der Waals surface area contributed by atoms with Crippen LogP contribution in [0.15, 0.2) is 30.3 Å². The van der Waals surface area contributed by atoms with Crippen LogP contribution in [0.25, 0.3) is 0 Å². The molecule has 0 saturated heterocycles. The number of hydrazine groups is 1. The average Bonchev–Trinajstić information content (AvgIpc) is 3.37. The van der Waals surface area contributed by atoms with Crippen molar-refractivity contribution in [3.63, 3.8) is 0 Å².